The maximum Gasteiger partial charge on any atom is 0.212 e. The van der Waals surface area contributed by atoms with Crippen molar-refractivity contribution in [2.75, 3.05) is 19.8 Å². The zero-order valence-corrected chi connectivity index (χ0v) is 13.2. The monoisotopic (exact) mass is 343 g/mol. The van der Waals surface area contributed by atoms with Crippen LogP contribution in [0.5, 0.6) is 11.5 Å². The largest absolute Gasteiger partial charge is 0.508 e. The highest BCUT2D eigenvalue weighted by molar-refractivity contribution is 6.55. The number of nitrogens with zero attached hydrogens (tertiary/aromatic N) is 1. The standard InChI is InChI=1S/C18H17NO6/c20-7-18(8-21,9-22)19-16-14-5-10(23)1-3-12(14)13-4-2-11(24)6-15(13)17(16)25/h1-6,20-24H,7-9H2. The van der Waals surface area contributed by atoms with E-state index in [0.717, 1.165) is 0 Å². The van der Waals surface area contributed by atoms with Crippen molar-refractivity contribution in [3.8, 4) is 22.6 Å². The van der Waals surface area contributed by atoms with Crippen LogP contribution in [-0.2, 0) is 0 Å². The maximum atomic E-state index is 12.9. The number of aliphatic hydroxyl groups is 3. The molecular weight excluding hydrogens is 326 g/mol. The van der Waals surface area contributed by atoms with Crippen molar-refractivity contribution in [3.63, 3.8) is 0 Å². The van der Waals surface area contributed by atoms with E-state index in [9.17, 15) is 30.3 Å². The summed E-state index contributed by atoms with van der Waals surface area (Å²) in [5.74, 6) is -0.709. The van der Waals surface area contributed by atoms with Gasteiger partial charge in [-0.1, -0.05) is 0 Å². The number of hydrogen-bond donors (Lipinski definition) is 5. The van der Waals surface area contributed by atoms with Crippen molar-refractivity contribution in [1.82, 2.24) is 0 Å². The topological polar surface area (TPSA) is 131 Å². The van der Waals surface area contributed by atoms with Crippen molar-refractivity contribution in [2.24, 2.45) is 4.99 Å². The third-order valence-corrected chi connectivity index (χ3v) is 4.24. The van der Waals surface area contributed by atoms with Crippen LogP contribution < -0.4 is 0 Å². The average Bonchev–Trinajstić information content (AvgIpc) is 2.62. The summed E-state index contributed by atoms with van der Waals surface area (Å²) in [5, 5.41) is 48.0. The number of rotatable bonds is 4. The Balaban J connectivity index is 2.31. The predicted octanol–water partition coefficient (Wildman–Crippen LogP) is 0.466. The molecule has 0 bridgehead atoms. The molecule has 5 N–H and O–H groups in total. The number of carbonyl (C=O) groups excluding carboxylic acids is 1. The lowest BCUT2D eigenvalue weighted by atomic mass is 9.82. The van der Waals surface area contributed by atoms with Gasteiger partial charge in [0.05, 0.1) is 19.8 Å². The number of carbonyl (C=O) groups is 1. The van der Waals surface area contributed by atoms with Gasteiger partial charge in [-0.3, -0.25) is 9.79 Å². The number of phenolic OH excluding ortho intramolecular Hbond substituents is 2. The van der Waals surface area contributed by atoms with E-state index in [1.807, 2.05) is 0 Å². The Hall–Kier alpha value is -2.74. The quantitative estimate of drug-likeness (QED) is 0.548. The molecule has 0 aliphatic heterocycles. The summed E-state index contributed by atoms with van der Waals surface area (Å²) in [4.78, 5) is 17.0. The molecule has 25 heavy (non-hydrogen) atoms. The first-order valence-electron chi connectivity index (χ1n) is 7.58. The molecule has 0 atom stereocenters. The number of aliphatic imine (C=N–C) groups is 1. The van der Waals surface area contributed by atoms with Gasteiger partial charge in [0.15, 0.2) is 0 Å². The Kier molecular flexibility index (Phi) is 4.30. The van der Waals surface area contributed by atoms with Gasteiger partial charge in [-0.05, 0) is 47.5 Å². The van der Waals surface area contributed by atoms with E-state index in [2.05, 4.69) is 4.99 Å². The molecule has 0 unspecified atom stereocenters. The molecule has 3 rings (SSSR count). The molecule has 2 aromatic carbocycles. The molecule has 130 valence electrons. The zero-order chi connectivity index (χ0) is 18.2. The maximum absolute atomic E-state index is 12.9. The smallest absolute Gasteiger partial charge is 0.212 e. The summed E-state index contributed by atoms with van der Waals surface area (Å²) in [6.07, 6.45) is 0. The van der Waals surface area contributed by atoms with Crippen molar-refractivity contribution < 1.29 is 30.3 Å². The van der Waals surface area contributed by atoms with Crippen molar-refractivity contribution in [3.05, 3.63) is 47.5 Å². The third-order valence-electron chi connectivity index (χ3n) is 4.24. The minimum absolute atomic E-state index is 0.0796. The Bertz CT molecular complexity index is 862. The van der Waals surface area contributed by atoms with Crippen molar-refractivity contribution >= 4 is 11.5 Å². The average molecular weight is 343 g/mol. The summed E-state index contributed by atoms with van der Waals surface area (Å²) < 4.78 is 0. The van der Waals surface area contributed by atoms with E-state index < -0.39 is 31.1 Å². The lowest BCUT2D eigenvalue weighted by Crippen LogP contribution is -2.42. The van der Waals surface area contributed by atoms with E-state index >= 15 is 0 Å². The fraction of sp³-hybridized carbons (Fsp3) is 0.222. The first-order valence-corrected chi connectivity index (χ1v) is 7.58. The number of benzene rings is 2. The zero-order valence-electron chi connectivity index (χ0n) is 13.2. The molecular formula is C18H17NO6. The molecule has 0 heterocycles. The van der Waals surface area contributed by atoms with Crippen LogP contribution >= 0.6 is 0 Å². The van der Waals surface area contributed by atoms with Gasteiger partial charge in [-0.15, -0.1) is 0 Å². The second-order valence-corrected chi connectivity index (χ2v) is 5.95. The Morgan fingerprint density at radius 2 is 1.24 bits per heavy atom. The fourth-order valence-corrected chi connectivity index (χ4v) is 2.77. The normalized spacial score (nSPS) is 15.2. The fourth-order valence-electron chi connectivity index (χ4n) is 2.77. The highest BCUT2D eigenvalue weighted by Gasteiger charge is 2.34. The van der Waals surface area contributed by atoms with Crippen LogP contribution in [0, 0.1) is 0 Å². The molecule has 0 saturated heterocycles. The molecule has 0 spiro atoms. The van der Waals surface area contributed by atoms with Crippen molar-refractivity contribution in [1.29, 1.82) is 0 Å². The highest BCUT2D eigenvalue weighted by Crippen LogP contribution is 2.37. The van der Waals surface area contributed by atoms with Crippen LogP contribution in [-0.4, -0.2) is 62.4 Å². The lowest BCUT2D eigenvalue weighted by Gasteiger charge is -2.27. The van der Waals surface area contributed by atoms with Crippen LogP contribution in [0.4, 0.5) is 0 Å². The van der Waals surface area contributed by atoms with E-state index in [-0.39, 0.29) is 22.8 Å². The molecule has 1 aliphatic carbocycles. The minimum atomic E-state index is -1.64. The number of fused-ring (bicyclic) bond motifs is 3. The van der Waals surface area contributed by atoms with Gasteiger partial charge < -0.3 is 25.5 Å². The second kappa shape index (κ2) is 6.29. The van der Waals surface area contributed by atoms with Crippen LogP contribution in [0.3, 0.4) is 0 Å². The van der Waals surface area contributed by atoms with Crippen LogP contribution in [0.2, 0.25) is 0 Å². The first kappa shape index (κ1) is 17.1. The molecule has 0 aromatic heterocycles. The molecule has 7 heteroatoms. The summed E-state index contributed by atoms with van der Waals surface area (Å²) >= 11 is 0. The van der Waals surface area contributed by atoms with Gasteiger partial charge in [-0.25, -0.2) is 0 Å². The first-order chi connectivity index (χ1) is 11.9. The van der Waals surface area contributed by atoms with Crippen LogP contribution in [0.15, 0.2) is 41.4 Å². The molecule has 7 nitrogen and oxygen atoms in total. The minimum Gasteiger partial charge on any atom is -0.508 e. The Morgan fingerprint density at radius 1 is 0.760 bits per heavy atom. The molecule has 2 aromatic rings. The van der Waals surface area contributed by atoms with E-state index in [4.69, 9.17) is 0 Å². The number of aliphatic hydroxyl groups excluding tert-OH is 3. The van der Waals surface area contributed by atoms with Gasteiger partial charge in [0.25, 0.3) is 0 Å². The number of aromatic hydroxyl groups is 2. The second-order valence-electron chi connectivity index (χ2n) is 5.95. The van der Waals surface area contributed by atoms with Crippen molar-refractivity contribution in [2.45, 2.75) is 5.54 Å². The number of phenols is 2. The molecule has 0 saturated carbocycles. The van der Waals surface area contributed by atoms with E-state index in [1.54, 1.807) is 12.1 Å². The van der Waals surface area contributed by atoms with Gasteiger partial charge in [0.2, 0.25) is 5.78 Å². The van der Waals surface area contributed by atoms with Gasteiger partial charge in [-0.2, -0.15) is 0 Å². The van der Waals surface area contributed by atoms with Gasteiger partial charge in [0.1, 0.15) is 22.7 Å². The van der Waals surface area contributed by atoms with E-state index in [0.29, 0.717) is 16.7 Å². The molecule has 0 amide bonds. The van der Waals surface area contributed by atoms with Crippen LogP contribution in [0.25, 0.3) is 11.1 Å². The summed E-state index contributed by atoms with van der Waals surface area (Å²) in [6, 6.07) is 8.78. The van der Waals surface area contributed by atoms with Gasteiger partial charge >= 0.3 is 0 Å². The SMILES string of the molecule is O=C1C(=NC(CO)(CO)CO)c2cc(O)ccc2-c2ccc(O)cc21. The third kappa shape index (κ3) is 2.78. The lowest BCUT2D eigenvalue weighted by molar-refractivity contribution is 0.0712. The number of ketones is 1. The number of Topliss-reactive ketones (excluding diaryl/α,β-unsaturated/α-hetero) is 1. The Labute approximate surface area is 143 Å². The highest BCUT2D eigenvalue weighted by atomic mass is 16.3. The van der Waals surface area contributed by atoms with Gasteiger partial charge in [0, 0.05) is 11.1 Å². The van der Waals surface area contributed by atoms with E-state index in [1.165, 1.54) is 24.3 Å². The predicted molar refractivity (Wildman–Crippen MR) is 90.1 cm³/mol. The molecule has 1 aliphatic rings. The summed E-state index contributed by atoms with van der Waals surface area (Å²) in [7, 11) is 0. The summed E-state index contributed by atoms with van der Waals surface area (Å²) in [5.41, 5.74) is -0.0425. The molecule has 0 radical (unpaired) electrons. The molecule has 0 fully saturated rings. The number of hydrogen-bond acceptors (Lipinski definition) is 7. The van der Waals surface area contributed by atoms with Crippen LogP contribution in [0.1, 0.15) is 15.9 Å². The Morgan fingerprint density at radius 3 is 1.76 bits per heavy atom. The summed E-state index contributed by atoms with van der Waals surface area (Å²) in [6.45, 7) is -2.01.